The molecule has 0 aliphatic heterocycles. The summed E-state index contributed by atoms with van der Waals surface area (Å²) in [5.74, 6) is 3.69. The number of hydrogen-bond donors (Lipinski definition) is 2. The Kier molecular flexibility index (Phi) is 13.0. The SMILES string of the molecule is CC(C)CCC[C@@H](C)[C@H]1CC[C@H]2[C@@H]3CC=C4C[C@@H](OC(=O)CNC(=O)[C@H](C)NC(=O)c5cc(I)cc(I)c5I)CC[C@]4(C)[C@H]3CC[C@]12C. The molecule has 0 radical (unpaired) electrons. The van der Waals surface area contributed by atoms with E-state index in [4.69, 9.17) is 4.74 Å². The zero-order valence-electron chi connectivity index (χ0n) is 29.6. The zero-order valence-corrected chi connectivity index (χ0v) is 36.1. The molecule has 2 amide bonds. The van der Waals surface area contributed by atoms with Crippen LogP contribution >= 0.6 is 67.8 Å². The standard InChI is InChI=1S/C39H55I3N2O4/c1-22(2)8-7-9-23(3)30-12-13-31-28-11-10-25-18-27(14-16-38(25,5)32(28)15-17-39(30,31)6)48-34(45)21-43-36(46)24(4)44-37(47)29-19-26(40)20-33(41)35(29)42/h10,19-20,22-24,27-28,30-32H,7-9,11-18,21H2,1-6H3,(H,43,46)(H,44,47)/t23-,24+,27+,28+,30-,31+,32+,38+,39-/m1/s1. The molecule has 9 atom stereocenters. The van der Waals surface area contributed by atoms with Gasteiger partial charge in [-0.25, -0.2) is 0 Å². The summed E-state index contributed by atoms with van der Waals surface area (Å²) in [5, 5.41) is 5.44. The molecule has 48 heavy (non-hydrogen) atoms. The van der Waals surface area contributed by atoms with Crippen LogP contribution in [0.15, 0.2) is 23.8 Å². The van der Waals surface area contributed by atoms with E-state index in [1.165, 1.54) is 56.9 Å². The minimum absolute atomic E-state index is 0.149. The number of esters is 1. The number of halogens is 3. The molecule has 5 rings (SSSR count). The number of amides is 2. The van der Waals surface area contributed by atoms with E-state index in [1.54, 1.807) is 6.92 Å². The molecule has 266 valence electrons. The van der Waals surface area contributed by atoms with Gasteiger partial charge in [-0.3, -0.25) is 14.4 Å². The second-order valence-electron chi connectivity index (χ2n) is 16.3. The van der Waals surface area contributed by atoms with Crippen molar-refractivity contribution in [1.29, 1.82) is 0 Å². The van der Waals surface area contributed by atoms with E-state index in [-0.39, 0.29) is 24.0 Å². The highest BCUT2D eigenvalue weighted by Gasteiger charge is 2.59. The topological polar surface area (TPSA) is 84.5 Å². The van der Waals surface area contributed by atoms with E-state index >= 15 is 0 Å². The van der Waals surface area contributed by atoms with Crippen LogP contribution in [0.3, 0.4) is 0 Å². The summed E-state index contributed by atoms with van der Waals surface area (Å²) in [6.45, 7) is 13.8. The highest BCUT2D eigenvalue weighted by Crippen LogP contribution is 2.67. The Morgan fingerprint density at radius 1 is 0.958 bits per heavy atom. The molecule has 0 heterocycles. The van der Waals surface area contributed by atoms with E-state index in [2.05, 4.69) is 119 Å². The average molecular weight is 997 g/mol. The minimum atomic E-state index is -0.784. The van der Waals surface area contributed by atoms with Crippen molar-refractivity contribution < 1.29 is 19.1 Å². The van der Waals surface area contributed by atoms with Crippen LogP contribution in [0.4, 0.5) is 0 Å². The first kappa shape index (κ1) is 38.8. The van der Waals surface area contributed by atoms with Crippen molar-refractivity contribution in [2.45, 2.75) is 124 Å². The van der Waals surface area contributed by atoms with Gasteiger partial charge < -0.3 is 15.4 Å². The molecule has 2 N–H and O–H groups in total. The van der Waals surface area contributed by atoms with Crippen molar-refractivity contribution in [2.24, 2.45) is 46.3 Å². The van der Waals surface area contributed by atoms with Gasteiger partial charge >= 0.3 is 5.97 Å². The number of carbonyl (C=O) groups excluding carboxylic acids is 3. The Morgan fingerprint density at radius 2 is 1.71 bits per heavy atom. The molecule has 0 unspecified atom stereocenters. The van der Waals surface area contributed by atoms with Crippen LogP contribution < -0.4 is 10.6 Å². The molecule has 0 bridgehead atoms. The van der Waals surface area contributed by atoms with Crippen molar-refractivity contribution >= 4 is 85.6 Å². The third kappa shape index (κ3) is 8.27. The minimum Gasteiger partial charge on any atom is -0.461 e. The zero-order chi connectivity index (χ0) is 35.0. The van der Waals surface area contributed by atoms with Crippen LogP contribution in [0.2, 0.25) is 0 Å². The lowest BCUT2D eigenvalue weighted by molar-refractivity contribution is -0.151. The molecule has 0 spiro atoms. The smallest absolute Gasteiger partial charge is 0.325 e. The molecular formula is C39H55I3N2O4. The quantitative estimate of drug-likeness (QED) is 0.100. The Hall–Kier alpha value is -0.440. The molecule has 0 aromatic heterocycles. The van der Waals surface area contributed by atoms with Gasteiger partial charge in [-0.1, -0.05) is 65.5 Å². The average Bonchev–Trinajstić information content (AvgIpc) is 3.38. The van der Waals surface area contributed by atoms with Crippen LogP contribution in [0.1, 0.15) is 123 Å². The number of carbonyl (C=O) groups is 3. The van der Waals surface area contributed by atoms with Crippen molar-refractivity contribution in [3.05, 3.63) is 40.1 Å². The summed E-state index contributed by atoms with van der Waals surface area (Å²) in [5.41, 5.74) is 2.71. The number of rotatable bonds is 11. The summed E-state index contributed by atoms with van der Waals surface area (Å²) < 4.78 is 8.72. The number of benzene rings is 1. The molecule has 9 heteroatoms. The van der Waals surface area contributed by atoms with Gasteiger partial charge in [-0.05, 0) is 178 Å². The van der Waals surface area contributed by atoms with Crippen molar-refractivity contribution in [2.75, 3.05) is 6.54 Å². The maximum absolute atomic E-state index is 12.9. The molecule has 6 nitrogen and oxygen atoms in total. The van der Waals surface area contributed by atoms with Gasteiger partial charge in [0.05, 0.1) is 5.56 Å². The number of nitrogens with one attached hydrogen (secondary N) is 2. The van der Waals surface area contributed by atoms with E-state index in [9.17, 15) is 14.4 Å². The molecule has 1 aromatic carbocycles. The first-order valence-corrected chi connectivity index (χ1v) is 21.5. The van der Waals surface area contributed by atoms with Crippen LogP contribution in [0.5, 0.6) is 0 Å². The maximum Gasteiger partial charge on any atom is 0.325 e. The van der Waals surface area contributed by atoms with E-state index in [0.29, 0.717) is 11.0 Å². The molecule has 4 aliphatic carbocycles. The molecule has 3 fully saturated rings. The second kappa shape index (κ2) is 16.1. The van der Waals surface area contributed by atoms with E-state index in [1.807, 2.05) is 12.1 Å². The van der Waals surface area contributed by atoms with Crippen LogP contribution in [0.25, 0.3) is 0 Å². The molecule has 4 aliphatic rings. The van der Waals surface area contributed by atoms with Crippen LogP contribution in [-0.2, 0) is 14.3 Å². The van der Waals surface area contributed by atoms with E-state index in [0.717, 1.165) is 65.5 Å². The van der Waals surface area contributed by atoms with Gasteiger partial charge in [0.15, 0.2) is 0 Å². The fourth-order valence-electron chi connectivity index (χ4n) is 10.4. The Morgan fingerprint density at radius 3 is 2.44 bits per heavy atom. The summed E-state index contributed by atoms with van der Waals surface area (Å²) in [4.78, 5) is 38.5. The predicted octanol–water partition coefficient (Wildman–Crippen LogP) is 9.69. The molecule has 3 saturated carbocycles. The van der Waals surface area contributed by atoms with Gasteiger partial charge in [-0.15, -0.1) is 0 Å². The Labute approximate surface area is 329 Å². The molecule has 0 saturated heterocycles. The highest BCUT2D eigenvalue weighted by molar-refractivity contribution is 14.1. The van der Waals surface area contributed by atoms with Crippen molar-refractivity contribution in [3.63, 3.8) is 0 Å². The Bertz CT molecular complexity index is 1410. The first-order valence-electron chi connectivity index (χ1n) is 18.3. The maximum atomic E-state index is 12.9. The van der Waals surface area contributed by atoms with Crippen molar-refractivity contribution in [3.8, 4) is 0 Å². The number of hydrogen-bond acceptors (Lipinski definition) is 4. The normalized spacial score (nSPS) is 32.3. The first-order chi connectivity index (χ1) is 22.6. The predicted molar refractivity (Wildman–Crippen MR) is 217 cm³/mol. The Balaban J connectivity index is 1.12. The van der Waals surface area contributed by atoms with E-state index < -0.39 is 17.9 Å². The number of ether oxygens (including phenoxy) is 1. The lowest BCUT2D eigenvalue weighted by Gasteiger charge is -2.58. The van der Waals surface area contributed by atoms with Gasteiger partial charge in [0.2, 0.25) is 5.91 Å². The molecule has 1 aromatic rings. The molecular weight excluding hydrogens is 941 g/mol. The second-order valence-corrected chi connectivity index (χ2v) is 19.8. The summed E-state index contributed by atoms with van der Waals surface area (Å²) in [6, 6.07) is 3.03. The monoisotopic (exact) mass is 996 g/mol. The van der Waals surface area contributed by atoms with Gasteiger partial charge in [0, 0.05) is 17.1 Å². The summed E-state index contributed by atoms with van der Waals surface area (Å²) >= 11 is 6.53. The third-order valence-electron chi connectivity index (χ3n) is 12.9. The van der Waals surface area contributed by atoms with Gasteiger partial charge in [-0.2, -0.15) is 0 Å². The van der Waals surface area contributed by atoms with Crippen molar-refractivity contribution in [1.82, 2.24) is 10.6 Å². The van der Waals surface area contributed by atoms with Gasteiger partial charge in [0.1, 0.15) is 18.7 Å². The summed E-state index contributed by atoms with van der Waals surface area (Å²) in [6.07, 6.45) is 15.9. The highest BCUT2D eigenvalue weighted by atomic mass is 127. The fraction of sp³-hybridized carbons (Fsp3) is 0.718. The largest absolute Gasteiger partial charge is 0.461 e. The van der Waals surface area contributed by atoms with Crippen LogP contribution in [-0.4, -0.2) is 36.5 Å². The number of fused-ring (bicyclic) bond motifs is 5. The fourth-order valence-corrected chi connectivity index (χ4v) is 12.8. The lowest BCUT2D eigenvalue weighted by Crippen LogP contribution is -2.51. The number of allylic oxidation sites excluding steroid dienone is 1. The third-order valence-corrected chi connectivity index (χ3v) is 16.6. The van der Waals surface area contributed by atoms with Gasteiger partial charge in [0.25, 0.3) is 5.91 Å². The lowest BCUT2D eigenvalue weighted by atomic mass is 9.47. The summed E-state index contributed by atoms with van der Waals surface area (Å²) in [7, 11) is 0. The van der Waals surface area contributed by atoms with Crippen LogP contribution in [0, 0.1) is 57.0 Å².